The molecule has 1 aliphatic heterocycles. The lowest BCUT2D eigenvalue weighted by molar-refractivity contribution is -0.132. The third kappa shape index (κ3) is 6.20. The van der Waals surface area contributed by atoms with E-state index in [9.17, 15) is 18.0 Å². The summed E-state index contributed by atoms with van der Waals surface area (Å²) in [4.78, 5) is 27.7. The molecule has 28 heavy (non-hydrogen) atoms. The molecule has 0 unspecified atom stereocenters. The second-order valence-corrected chi connectivity index (χ2v) is 8.38. The van der Waals surface area contributed by atoms with Crippen molar-refractivity contribution in [1.82, 2.24) is 14.5 Å². The van der Waals surface area contributed by atoms with Crippen molar-refractivity contribution < 1.29 is 22.7 Å². The van der Waals surface area contributed by atoms with Crippen LogP contribution in [0, 0.1) is 0 Å². The van der Waals surface area contributed by atoms with Gasteiger partial charge in [0.25, 0.3) is 0 Å². The van der Waals surface area contributed by atoms with E-state index < -0.39 is 10.0 Å². The second kappa shape index (κ2) is 10.4. The summed E-state index contributed by atoms with van der Waals surface area (Å²) in [5, 5.41) is 0. The third-order valence-electron chi connectivity index (χ3n) is 4.56. The highest BCUT2D eigenvalue weighted by Crippen LogP contribution is 2.13. The van der Waals surface area contributed by atoms with Gasteiger partial charge in [0, 0.05) is 39.1 Å². The Morgan fingerprint density at radius 3 is 2.21 bits per heavy atom. The van der Waals surface area contributed by atoms with Crippen molar-refractivity contribution in [2.24, 2.45) is 0 Å². The molecule has 0 radical (unpaired) electrons. The van der Waals surface area contributed by atoms with Crippen molar-refractivity contribution in [3.05, 3.63) is 29.8 Å². The number of carbonyl (C=O) groups excluding carboxylic acids is 2. The third-order valence-corrected chi connectivity index (χ3v) is 6.04. The summed E-state index contributed by atoms with van der Waals surface area (Å²) in [5.41, 5.74) is 0.910. The minimum Gasteiger partial charge on any atom is -0.450 e. The number of rotatable bonds is 8. The minimum absolute atomic E-state index is 0.0322. The van der Waals surface area contributed by atoms with Gasteiger partial charge in [0.2, 0.25) is 15.9 Å². The van der Waals surface area contributed by atoms with Gasteiger partial charge in [-0.1, -0.05) is 19.1 Å². The van der Waals surface area contributed by atoms with E-state index in [1.165, 1.54) is 0 Å². The Morgan fingerprint density at radius 2 is 1.64 bits per heavy atom. The Balaban J connectivity index is 1.81. The number of aryl methyl sites for hydroxylation is 1. The Morgan fingerprint density at radius 1 is 1.04 bits per heavy atom. The first-order chi connectivity index (χ1) is 13.4. The Hall–Kier alpha value is -2.13. The maximum atomic E-state index is 12.4. The van der Waals surface area contributed by atoms with Crippen LogP contribution in [0.2, 0.25) is 0 Å². The van der Waals surface area contributed by atoms with E-state index in [0.717, 1.165) is 12.0 Å². The maximum Gasteiger partial charge on any atom is 0.409 e. The predicted molar refractivity (Wildman–Crippen MR) is 105 cm³/mol. The fourth-order valence-corrected chi connectivity index (χ4v) is 4.05. The molecule has 0 aliphatic carbocycles. The van der Waals surface area contributed by atoms with Gasteiger partial charge in [-0.05, 0) is 37.5 Å². The maximum absolute atomic E-state index is 12.4. The summed E-state index contributed by atoms with van der Waals surface area (Å²) in [6, 6.07) is 6.62. The topological polar surface area (TPSA) is 96.0 Å². The van der Waals surface area contributed by atoms with Gasteiger partial charge in [0.1, 0.15) is 0 Å². The number of carbonyl (C=O) groups is 2. The zero-order valence-electron chi connectivity index (χ0n) is 16.5. The van der Waals surface area contributed by atoms with E-state index in [0.29, 0.717) is 52.2 Å². The van der Waals surface area contributed by atoms with Gasteiger partial charge in [-0.15, -0.1) is 0 Å². The SMILES string of the molecule is CCCNS(=O)(=O)c1ccc(CCC(=O)N2CCN(C(=O)OCC)CC2)cc1. The molecule has 1 aromatic rings. The van der Waals surface area contributed by atoms with E-state index in [1.807, 2.05) is 6.92 Å². The molecule has 0 bridgehead atoms. The van der Waals surface area contributed by atoms with Crippen LogP contribution < -0.4 is 4.72 Å². The highest BCUT2D eigenvalue weighted by molar-refractivity contribution is 7.89. The van der Waals surface area contributed by atoms with Crippen LogP contribution in [0.1, 0.15) is 32.3 Å². The molecule has 0 atom stereocenters. The number of piperazine rings is 1. The number of hydrogen-bond donors (Lipinski definition) is 1. The highest BCUT2D eigenvalue weighted by Gasteiger charge is 2.24. The van der Waals surface area contributed by atoms with Crippen LogP contribution in [0.3, 0.4) is 0 Å². The molecule has 0 aromatic heterocycles. The quantitative estimate of drug-likeness (QED) is 0.701. The second-order valence-electron chi connectivity index (χ2n) is 6.61. The lowest BCUT2D eigenvalue weighted by Gasteiger charge is -2.34. The van der Waals surface area contributed by atoms with E-state index in [2.05, 4.69) is 4.72 Å². The zero-order valence-corrected chi connectivity index (χ0v) is 17.3. The van der Waals surface area contributed by atoms with Gasteiger partial charge in [-0.2, -0.15) is 0 Å². The van der Waals surface area contributed by atoms with Gasteiger partial charge in [0.05, 0.1) is 11.5 Å². The summed E-state index contributed by atoms with van der Waals surface area (Å²) >= 11 is 0. The van der Waals surface area contributed by atoms with Crippen LogP contribution in [0.5, 0.6) is 0 Å². The lowest BCUT2D eigenvalue weighted by atomic mass is 10.1. The number of benzene rings is 1. The molecular formula is C19H29N3O5S. The molecule has 1 N–H and O–H groups in total. The largest absolute Gasteiger partial charge is 0.450 e. The Bertz CT molecular complexity index is 756. The number of nitrogens with zero attached hydrogens (tertiary/aromatic N) is 2. The average molecular weight is 412 g/mol. The van der Waals surface area contributed by atoms with Gasteiger partial charge in [0.15, 0.2) is 0 Å². The van der Waals surface area contributed by atoms with Gasteiger partial charge < -0.3 is 14.5 Å². The fraction of sp³-hybridized carbons (Fsp3) is 0.579. The lowest BCUT2D eigenvalue weighted by Crippen LogP contribution is -2.50. The number of hydrogen-bond acceptors (Lipinski definition) is 5. The normalized spacial score (nSPS) is 14.8. The molecule has 1 aromatic carbocycles. The standard InChI is InChI=1S/C19H29N3O5S/c1-3-11-20-28(25,26)17-8-5-16(6-9-17)7-10-18(23)21-12-14-22(15-13-21)19(24)27-4-2/h5-6,8-9,20H,3-4,7,10-15H2,1-2H3. The van der Waals surface area contributed by atoms with E-state index in [4.69, 9.17) is 4.74 Å². The van der Waals surface area contributed by atoms with Crippen LogP contribution in [0.25, 0.3) is 0 Å². The van der Waals surface area contributed by atoms with Crippen LogP contribution in [0.4, 0.5) is 4.79 Å². The fourth-order valence-electron chi connectivity index (χ4n) is 2.92. The average Bonchev–Trinajstić information content (AvgIpc) is 2.71. The molecule has 8 nitrogen and oxygen atoms in total. The highest BCUT2D eigenvalue weighted by atomic mass is 32.2. The van der Waals surface area contributed by atoms with Gasteiger partial charge in [-0.25, -0.2) is 17.9 Å². The van der Waals surface area contributed by atoms with Crippen molar-refractivity contribution >= 4 is 22.0 Å². The Kier molecular flexibility index (Phi) is 8.25. The zero-order chi connectivity index (χ0) is 20.6. The molecule has 0 saturated carbocycles. The molecule has 156 valence electrons. The van der Waals surface area contributed by atoms with Crippen molar-refractivity contribution in [1.29, 1.82) is 0 Å². The Labute approximate surface area is 166 Å². The van der Waals surface area contributed by atoms with Crippen LogP contribution in [-0.4, -0.2) is 69.5 Å². The number of nitrogens with one attached hydrogen (secondary N) is 1. The first-order valence-electron chi connectivity index (χ1n) is 9.65. The van der Waals surface area contributed by atoms with E-state index in [1.54, 1.807) is 41.0 Å². The van der Waals surface area contributed by atoms with Crippen molar-refractivity contribution in [3.8, 4) is 0 Å². The molecule has 0 spiro atoms. The molecule has 1 heterocycles. The summed E-state index contributed by atoms with van der Waals surface area (Å²) in [5.74, 6) is 0.0322. The summed E-state index contributed by atoms with van der Waals surface area (Å²) in [7, 11) is -3.47. The summed E-state index contributed by atoms with van der Waals surface area (Å²) in [6.45, 7) is 6.36. The molecule has 1 fully saturated rings. The van der Waals surface area contributed by atoms with Crippen molar-refractivity contribution in [2.45, 2.75) is 38.0 Å². The van der Waals surface area contributed by atoms with Crippen molar-refractivity contribution in [3.63, 3.8) is 0 Å². The monoisotopic (exact) mass is 411 g/mol. The van der Waals surface area contributed by atoms with Crippen molar-refractivity contribution in [2.75, 3.05) is 39.3 Å². The summed E-state index contributed by atoms with van der Waals surface area (Å²) < 4.78 is 31.7. The number of sulfonamides is 1. The predicted octanol–water partition coefficient (Wildman–Crippen LogP) is 1.61. The van der Waals surface area contributed by atoms with Crippen LogP contribution >= 0.6 is 0 Å². The van der Waals surface area contributed by atoms with Crippen LogP contribution in [-0.2, 0) is 26.0 Å². The smallest absolute Gasteiger partial charge is 0.409 e. The van der Waals surface area contributed by atoms with Gasteiger partial charge in [-0.3, -0.25) is 4.79 Å². The molecule has 2 amide bonds. The molecule has 1 aliphatic rings. The first kappa shape index (κ1) is 22.2. The number of amides is 2. The molecule has 9 heteroatoms. The van der Waals surface area contributed by atoms with E-state index >= 15 is 0 Å². The minimum atomic E-state index is -3.47. The first-order valence-corrected chi connectivity index (χ1v) is 11.1. The van der Waals surface area contributed by atoms with E-state index in [-0.39, 0.29) is 16.9 Å². The molecule has 2 rings (SSSR count). The summed E-state index contributed by atoms with van der Waals surface area (Å²) in [6.07, 6.45) is 1.28. The number of ether oxygens (including phenoxy) is 1. The van der Waals surface area contributed by atoms with Crippen LogP contribution in [0.15, 0.2) is 29.2 Å². The molecule has 1 saturated heterocycles. The molecular weight excluding hydrogens is 382 g/mol. The van der Waals surface area contributed by atoms with Gasteiger partial charge >= 0.3 is 6.09 Å².